The van der Waals surface area contributed by atoms with E-state index < -0.39 is 20.5 Å². The van der Waals surface area contributed by atoms with Gasteiger partial charge in [0, 0.05) is 30.4 Å². The molecule has 0 atom stereocenters. The summed E-state index contributed by atoms with van der Waals surface area (Å²) < 4.78 is 30.2. The van der Waals surface area contributed by atoms with Gasteiger partial charge >= 0.3 is 0 Å². The van der Waals surface area contributed by atoms with E-state index in [1.54, 1.807) is 11.6 Å². The van der Waals surface area contributed by atoms with E-state index in [0.29, 0.717) is 11.4 Å². The van der Waals surface area contributed by atoms with Crippen molar-refractivity contribution < 1.29 is 13.3 Å². The number of nitro benzene ring substituents is 1. The van der Waals surface area contributed by atoms with Gasteiger partial charge in [-0.1, -0.05) is 6.07 Å². The molecule has 3 rings (SSSR count). The molecule has 0 fully saturated rings. The summed E-state index contributed by atoms with van der Waals surface area (Å²) in [5.41, 5.74) is 1.29. The van der Waals surface area contributed by atoms with Gasteiger partial charge in [-0.15, -0.1) is 5.10 Å². The van der Waals surface area contributed by atoms with Crippen LogP contribution < -0.4 is 10.3 Å². The van der Waals surface area contributed by atoms with Gasteiger partial charge in [0.05, 0.1) is 22.1 Å². The van der Waals surface area contributed by atoms with Gasteiger partial charge in [-0.3, -0.25) is 14.9 Å². The molecule has 2 aromatic heterocycles. The molecule has 0 bridgehead atoms. The highest BCUT2D eigenvalue weighted by atomic mass is 32.2. The van der Waals surface area contributed by atoms with Crippen molar-refractivity contribution in [3.8, 4) is 5.82 Å². The molecule has 0 aliphatic rings. The Morgan fingerprint density at radius 3 is 2.47 bits per heavy atom. The highest BCUT2D eigenvalue weighted by Gasteiger charge is 2.20. The average molecular weight is 432 g/mol. The molecule has 3 aromatic rings. The van der Waals surface area contributed by atoms with Crippen LogP contribution in [0, 0.1) is 30.9 Å². The first-order valence-corrected chi connectivity index (χ1v) is 10.4. The lowest BCUT2D eigenvalue weighted by Crippen LogP contribution is -2.32. The number of nitrogens with zero attached hydrogens (tertiary/aromatic N) is 5. The van der Waals surface area contributed by atoms with Crippen LogP contribution in [0.3, 0.4) is 0 Å². The summed E-state index contributed by atoms with van der Waals surface area (Å²) in [7, 11) is -4.01. The minimum absolute atomic E-state index is 0.0286. The van der Waals surface area contributed by atoms with Gasteiger partial charge < -0.3 is 0 Å². The zero-order chi connectivity index (χ0) is 22.1. The van der Waals surface area contributed by atoms with Gasteiger partial charge in [0.1, 0.15) is 0 Å². The van der Waals surface area contributed by atoms with E-state index in [1.165, 1.54) is 24.3 Å². The van der Waals surface area contributed by atoms with Crippen molar-refractivity contribution in [3.63, 3.8) is 0 Å². The number of aryl methyl sites for hydroxylation is 3. The van der Waals surface area contributed by atoms with E-state index >= 15 is 0 Å². The molecular weight excluding hydrogens is 412 g/mol. The molecule has 1 aromatic carbocycles. The van der Waals surface area contributed by atoms with Gasteiger partial charge in [0.15, 0.2) is 5.82 Å². The number of hydrogen-bond donors (Lipinski definition) is 1. The van der Waals surface area contributed by atoms with Gasteiger partial charge in [-0.2, -0.15) is 5.10 Å². The Hall–Kier alpha value is -3.38. The molecule has 0 amide bonds. The Bertz CT molecular complexity index is 1280. The molecule has 0 spiro atoms. The third-order valence-electron chi connectivity index (χ3n) is 4.37. The van der Waals surface area contributed by atoms with Crippen LogP contribution in [0.2, 0.25) is 0 Å². The maximum atomic E-state index is 12.6. The first-order chi connectivity index (χ1) is 14.1. The second-order valence-electron chi connectivity index (χ2n) is 6.70. The molecule has 0 unspecified atom stereocenters. The highest BCUT2D eigenvalue weighted by Crippen LogP contribution is 2.21. The zero-order valence-corrected chi connectivity index (χ0v) is 17.4. The summed E-state index contributed by atoms with van der Waals surface area (Å²) in [6.45, 7) is 5.08. The second kappa shape index (κ2) is 8.16. The second-order valence-corrected chi connectivity index (χ2v) is 8.43. The van der Waals surface area contributed by atoms with Crippen LogP contribution in [0.25, 0.3) is 5.82 Å². The van der Waals surface area contributed by atoms with Crippen molar-refractivity contribution >= 4 is 15.7 Å². The Labute approximate surface area is 172 Å². The van der Waals surface area contributed by atoms with Crippen molar-refractivity contribution in [2.75, 3.05) is 6.54 Å². The fourth-order valence-corrected chi connectivity index (χ4v) is 4.21. The summed E-state index contributed by atoms with van der Waals surface area (Å²) >= 11 is 0. The molecule has 0 radical (unpaired) electrons. The summed E-state index contributed by atoms with van der Waals surface area (Å²) in [6, 6.07) is 8.35. The van der Waals surface area contributed by atoms with E-state index in [1.807, 2.05) is 19.9 Å². The zero-order valence-electron chi connectivity index (χ0n) is 16.6. The number of sulfonamides is 1. The van der Waals surface area contributed by atoms with Crippen LogP contribution in [0.4, 0.5) is 5.69 Å². The van der Waals surface area contributed by atoms with Gasteiger partial charge in [-0.25, -0.2) is 22.5 Å². The van der Waals surface area contributed by atoms with Gasteiger partial charge in [0.2, 0.25) is 10.0 Å². The predicted octanol–water partition coefficient (Wildman–Crippen LogP) is 1.24. The smallest absolute Gasteiger partial charge is 0.268 e. The Morgan fingerprint density at radius 2 is 1.83 bits per heavy atom. The normalized spacial score (nSPS) is 11.6. The predicted molar refractivity (Wildman–Crippen MR) is 108 cm³/mol. The quantitative estimate of drug-likeness (QED) is 0.437. The lowest BCUT2D eigenvalue weighted by molar-refractivity contribution is -0.385. The standard InChI is InChI=1S/C18H20N6O5S/c1-12-4-5-15(24(26)27)11-16(12)30(28,29)19-8-9-22-18(25)7-6-17(21-22)23-14(3)10-13(2)20-23/h4-7,10-11,19H,8-9H2,1-3H3. The maximum absolute atomic E-state index is 12.6. The summed E-state index contributed by atoms with van der Waals surface area (Å²) in [4.78, 5) is 22.2. The number of hydrogen-bond acceptors (Lipinski definition) is 7. The SMILES string of the molecule is Cc1cc(C)n(-c2ccc(=O)n(CCNS(=O)(=O)c3cc([N+](=O)[O-])ccc3C)n2)n1. The fourth-order valence-electron chi connectivity index (χ4n) is 2.93. The molecule has 0 aliphatic heterocycles. The fraction of sp³-hybridized carbons (Fsp3) is 0.278. The maximum Gasteiger partial charge on any atom is 0.270 e. The van der Waals surface area contributed by atoms with Crippen LogP contribution in [0.5, 0.6) is 0 Å². The number of non-ortho nitro benzene ring substituents is 1. The molecule has 0 saturated carbocycles. The monoisotopic (exact) mass is 432 g/mol. The van der Waals surface area contributed by atoms with Crippen molar-refractivity contribution in [2.45, 2.75) is 32.2 Å². The third-order valence-corrected chi connectivity index (χ3v) is 5.97. The number of aromatic nitrogens is 4. The minimum Gasteiger partial charge on any atom is -0.268 e. The lowest BCUT2D eigenvalue weighted by atomic mass is 10.2. The number of benzene rings is 1. The number of rotatable bonds is 7. The third kappa shape index (κ3) is 4.44. The Kier molecular flexibility index (Phi) is 5.80. The van der Waals surface area contributed by atoms with Gasteiger partial charge in [0.25, 0.3) is 11.2 Å². The van der Waals surface area contributed by atoms with Gasteiger partial charge in [-0.05, 0) is 38.5 Å². The lowest BCUT2D eigenvalue weighted by Gasteiger charge is -2.11. The first-order valence-electron chi connectivity index (χ1n) is 8.95. The van der Waals surface area contributed by atoms with Crippen molar-refractivity contribution in [2.24, 2.45) is 0 Å². The molecule has 30 heavy (non-hydrogen) atoms. The summed E-state index contributed by atoms with van der Waals surface area (Å²) in [5.74, 6) is 0.428. The largest absolute Gasteiger partial charge is 0.270 e. The van der Waals surface area contributed by atoms with Crippen molar-refractivity contribution in [1.82, 2.24) is 24.3 Å². The molecule has 2 heterocycles. The van der Waals surface area contributed by atoms with Crippen molar-refractivity contribution in [3.05, 3.63) is 73.8 Å². The molecule has 1 N–H and O–H groups in total. The highest BCUT2D eigenvalue weighted by molar-refractivity contribution is 7.89. The van der Waals surface area contributed by atoms with Crippen LogP contribution in [-0.2, 0) is 16.6 Å². The van der Waals surface area contributed by atoms with Crippen molar-refractivity contribution in [1.29, 1.82) is 0 Å². The Morgan fingerprint density at radius 1 is 1.10 bits per heavy atom. The van der Waals surface area contributed by atoms with E-state index in [-0.39, 0.29) is 23.7 Å². The molecule has 11 nitrogen and oxygen atoms in total. The van der Waals surface area contributed by atoms with Crippen LogP contribution in [0.15, 0.2) is 46.1 Å². The average Bonchev–Trinajstić information content (AvgIpc) is 3.01. The Balaban J connectivity index is 1.79. The van der Waals surface area contributed by atoms with E-state index in [4.69, 9.17) is 0 Å². The van der Waals surface area contributed by atoms with E-state index in [9.17, 15) is 23.3 Å². The van der Waals surface area contributed by atoms with Crippen LogP contribution >= 0.6 is 0 Å². The first kappa shape index (κ1) is 21.3. The number of nitro groups is 1. The van der Waals surface area contributed by atoms with E-state index in [2.05, 4.69) is 14.9 Å². The molecular formula is C18H20N6O5S. The van der Waals surface area contributed by atoms with Crippen LogP contribution in [0.1, 0.15) is 17.0 Å². The van der Waals surface area contributed by atoms with Crippen LogP contribution in [-0.4, -0.2) is 39.4 Å². The topological polar surface area (TPSA) is 142 Å². The minimum atomic E-state index is -4.01. The molecule has 158 valence electrons. The summed E-state index contributed by atoms with van der Waals surface area (Å²) in [6.07, 6.45) is 0. The summed E-state index contributed by atoms with van der Waals surface area (Å²) in [5, 5.41) is 19.5. The molecule has 0 aliphatic carbocycles. The molecule has 0 saturated heterocycles. The van der Waals surface area contributed by atoms with E-state index in [0.717, 1.165) is 22.1 Å². The molecule has 12 heteroatoms. The number of nitrogens with one attached hydrogen (secondary N) is 1.